The van der Waals surface area contributed by atoms with Crippen LogP contribution >= 0.6 is 0 Å². The highest BCUT2D eigenvalue weighted by Gasteiger charge is 2.50. The summed E-state index contributed by atoms with van der Waals surface area (Å²) >= 11 is 0. The van der Waals surface area contributed by atoms with E-state index in [-0.39, 0.29) is 18.4 Å². The van der Waals surface area contributed by atoms with Gasteiger partial charge in [0.15, 0.2) is 0 Å². The first-order chi connectivity index (χ1) is 10.9. The molecule has 120 valence electrons. The number of hydrogen-bond acceptors (Lipinski definition) is 3. The lowest BCUT2D eigenvalue weighted by molar-refractivity contribution is -0.143. The van der Waals surface area contributed by atoms with Gasteiger partial charge in [-0.2, -0.15) is 0 Å². The van der Waals surface area contributed by atoms with Crippen LogP contribution in [0, 0.1) is 5.41 Å². The van der Waals surface area contributed by atoms with Crippen LogP contribution in [0.5, 0.6) is 0 Å². The van der Waals surface area contributed by atoms with Crippen LogP contribution in [-0.2, 0) is 4.79 Å². The van der Waals surface area contributed by atoms with Crippen LogP contribution in [0.25, 0.3) is 10.9 Å². The van der Waals surface area contributed by atoms with Crippen LogP contribution in [0.15, 0.2) is 30.3 Å². The zero-order valence-electron chi connectivity index (χ0n) is 13.3. The second-order valence-electron chi connectivity index (χ2n) is 6.53. The van der Waals surface area contributed by atoms with Gasteiger partial charge in [-0.05, 0) is 30.9 Å². The highest BCUT2D eigenvalue weighted by atomic mass is 16.4. The molecule has 5 nitrogen and oxygen atoms in total. The van der Waals surface area contributed by atoms with Gasteiger partial charge < -0.3 is 10.4 Å². The monoisotopic (exact) mass is 312 g/mol. The van der Waals surface area contributed by atoms with Crippen molar-refractivity contribution < 1.29 is 14.7 Å². The molecule has 1 fully saturated rings. The summed E-state index contributed by atoms with van der Waals surface area (Å²) in [5.41, 5.74) is 1.43. The zero-order chi connectivity index (χ0) is 16.6. The Morgan fingerprint density at radius 3 is 2.61 bits per heavy atom. The van der Waals surface area contributed by atoms with Crippen molar-refractivity contribution in [3.05, 3.63) is 41.6 Å². The fourth-order valence-corrected chi connectivity index (χ4v) is 2.64. The van der Waals surface area contributed by atoms with Gasteiger partial charge in [0, 0.05) is 17.6 Å². The Balaban J connectivity index is 1.91. The number of para-hydroxylation sites is 1. The van der Waals surface area contributed by atoms with Gasteiger partial charge in [0.2, 0.25) is 0 Å². The Morgan fingerprint density at radius 1 is 1.30 bits per heavy atom. The molecule has 1 aliphatic rings. The molecule has 0 spiro atoms. The van der Waals surface area contributed by atoms with E-state index < -0.39 is 11.4 Å². The molecule has 1 amide bonds. The number of carboxylic acids is 1. The number of rotatable bonds is 5. The minimum absolute atomic E-state index is 0.175. The number of pyridine rings is 1. The predicted molar refractivity (Wildman–Crippen MR) is 87.5 cm³/mol. The number of benzene rings is 1. The SMILES string of the molecule is CC(C)c1cc(C(=O)NCC2(C(=O)O)CC2)c2ccccc2n1. The first kappa shape index (κ1) is 15.5. The van der Waals surface area contributed by atoms with Crippen molar-refractivity contribution in [2.24, 2.45) is 5.41 Å². The van der Waals surface area contributed by atoms with E-state index in [0.29, 0.717) is 18.4 Å². The van der Waals surface area contributed by atoms with Gasteiger partial charge in [-0.15, -0.1) is 0 Å². The molecule has 2 aromatic rings. The van der Waals surface area contributed by atoms with Crippen LogP contribution in [0.3, 0.4) is 0 Å². The highest BCUT2D eigenvalue weighted by molar-refractivity contribution is 6.06. The van der Waals surface area contributed by atoms with Crippen molar-refractivity contribution in [2.45, 2.75) is 32.6 Å². The average Bonchev–Trinajstić information content (AvgIpc) is 3.32. The number of carboxylic acid groups (broad SMARTS) is 1. The van der Waals surface area contributed by atoms with E-state index >= 15 is 0 Å². The zero-order valence-corrected chi connectivity index (χ0v) is 13.3. The maximum atomic E-state index is 12.6. The molecule has 1 aromatic heterocycles. The van der Waals surface area contributed by atoms with Gasteiger partial charge in [-0.25, -0.2) is 0 Å². The Morgan fingerprint density at radius 2 is 2.00 bits per heavy atom. The molecule has 23 heavy (non-hydrogen) atoms. The molecule has 1 aliphatic carbocycles. The summed E-state index contributed by atoms with van der Waals surface area (Å²) in [6, 6.07) is 9.33. The van der Waals surface area contributed by atoms with Crippen molar-refractivity contribution >= 4 is 22.8 Å². The number of aliphatic carboxylic acids is 1. The van der Waals surface area contributed by atoms with Gasteiger partial charge in [-0.1, -0.05) is 32.0 Å². The minimum Gasteiger partial charge on any atom is -0.481 e. The Bertz CT molecular complexity index is 779. The van der Waals surface area contributed by atoms with Crippen molar-refractivity contribution in [3.63, 3.8) is 0 Å². The number of fused-ring (bicyclic) bond motifs is 1. The van der Waals surface area contributed by atoms with Gasteiger partial charge in [0.25, 0.3) is 5.91 Å². The summed E-state index contributed by atoms with van der Waals surface area (Å²) in [5.74, 6) is -0.863. The standard InChI is InChI=1S/C18H20N2O3/c1-11(2)15-9-13(12-5-3-4-6-14(12)20-15)16(21)19-10-18(7-8-18)17(22)23/h3-6,9,11H,7-8,10H2,1-2H3,(H,19,21)(H,22,23). The van der Waals surface area contributed by atoms with E-state index in [0.717, 1.165) is 16.6 Å². The van der Waals surface area contributed by atoms with E-state index in [2.05, 4.69) is 10.3 Å². The summed E-state index contributed by atoms with van der Waals surface area (Å²) in [4.78, 5) is 28.4. The number of nitrogens with zero attached hydrogens (tertiary/aromatic N) is 1. The molecule has 0 radical (unpaired) electrons. The third-order valence-corrected chi connectivity index (χ3v) is 4.47. The molecule has 1 heterocycles. The molecule has 0 unspecified atom stereocenters. The number of carbonyl (C=O) groups is 2. The first-order valence-corrected chi connectivity index (χ1v) is 7.84. The van der Waals surface area contributed by atoms with Gasteiger partial charge in [-0.3, -0.25) is 14.6 Å². The molecule has 5 heteroatoms. The lowest BCUT2D eigenvalue weighted by Crippen LogP contribution is -2.34. The normalized spacial score (nSPS) is 15.6. The number of hydrogen-bond donors (Lipinski definition) is 2. The maximum absolute atomic E-state index is 12.6. The number of carbonyl (C=O) groups excluding carboxylic acids is 1. The lowest BCUT2D eigenvalue weighted by Gasteiger charge is -2.14. The molecule has 0 atom stereocenters. The lowest BCUT2D eigenvalue weighted by atomic mass is 10.0. The molecule has 1 aromatic carbocycles. The minimum atomic E-state index is -0.833. The van der Waals surface area contributed by atoms with E-state index in [9.17, 15) is 14.7 Å². The van der Waals surface area contributed by atoms with Crippen LogP contribution in [0.2, 0.25) is 0 Å². The summed E-state index contributed by atoms with van der Waals surface area (Å²) in [6.07, 6.45) is 1.24. The quantitative estimate of drug-likeness (QED) is 0.889. The smallest absolute Gasteiger partial charge is 0.311 e. The van der Waals surface area contributed by atoms with E-state index in [1.54, 1.807) is 0 Å². The van der Waals surface area contributed by atoms with Crippen LogP contribution < -0.4 is 5.32 Å². The predicted octanol–water partition coefficient (Wildman–Crippen LogP) is 2.95. The van der Waals surface area contributed by atoms with Crippen LogP contribution in [0.4, 0.5) is 0 Å². The summed E-state index contributed by atoms with van der Waals surface area (Å²) in [6.45, 7) is 4.24. The third kappa shape index (κ3) is 2.91. The molecular weight excluding hydrogens is 292 g/mol. The van der Waals surface area contributed by atoms with Gasteiger partial charge >= 0.3 is 5.97 Å². The number of aromatic nitrogens is 1. The van der Waals surface area contributed by atoms with Crippen molar-refractivity contribution in [3.8, 4) is 0 Å². The molecule has 0 bridgehead atoms. The van der Waals surface area contributed by atoms with Crippen LogP contribution in [0.1, 0.15) is 48.7 Å². The Hall–Kier alpha value is -2.43. The molecule has 3 rings (SSSR count). The van der Waals surface area contributed by atoms with Crippen molar-refractivity contribution in [2.75, 3.05) is 6.54 Å². The number of amides is 1. The Kier molecular flexibility index (Phi) is 3.80. The second kappa shape index (κ2) is 5.65. The van der Waals surface area contributed by atoms with Gasteiger partial charge in [0.1, 0.15) is 0 Å². The molecule has 2 N–H and O–H groups in total. The van der Waals surface area contributed by atoms with E-state index in [1.807, 2.05) is 44.2 Å². The fraction of sp³-hybridized carbons (Fsp3) is 0.389. The second-order valence-corrected chi connectivity index (χ2v) is 6.53. The highest BCUT2D eigenvalue weighted by Crippen LogP contribution is 2.45. The average molecular weight is 312 g/mol. The third-order valence-electron chi connectivity index (χ3n) is 4.47. The van der Waals surface area contributed by atoms with E-state index in [1.165, 1.54) is 0 Å². The summed E-state index contributed by atoms with van der Waals surface area (Å²) in [5, 5.41) is 12.8. The first-order valence-electron chi connectivity index (χ1n) is 7.84. The van der Waals surface area contributed by atoms with Gasteiger partial charge in [0.05, 0.1) is 16.5 Å². The van der Waals surface area contributed by atoms with Crippen molar-refractivity contribution in [1.29, 1.82) is 0 Å². The van der Waals surface area contributed by atoms with E-state index in [4.69, 9.17) is 0 Å². The molecular formula is C18H20N2O3. The molecule has 0 aliphatic heterocycles. The van der Waals surface area contributed by atoms with Crippen LogP contribution in [-0.4, -0.2) is 28.5 Å². The maximum Gasteiger partial charge on any atom is 0.311 e. The number of nitrogens with one attached hydrogen (secondary N) is 1. The van der Waals surface area contributed by atoms with Crippen molar-refractivity contribution in [1.82, 2.24) is 10.3 Å². The summed E-state index contributed by atoms with van der Waals surface area (Å²) in [7, 11) is 0. The summed E-state index contributed by atoms with van der Waals surface area (Å²) < 4.78 is 0. The largest absolute Gasteiger partial charge is 0.481 e. The Labute approximate surface area is 134 Å². The topological polar surface area (TPSA) is 79.3 Å². The molecule has 1 saturated carbocycles. The fourth-order valence-electron chi connectivity index (χ4n) is 2.64. The molecule has 0 saturated heterocycles.